The van der Waals surface area contributed by atoms with E-state index in [9.17, 15) is 4.79 Å². The zero-order valence-electron chi connectivity index (χ0n) is 15.9. The maximum atomic E-state index is 12.7. The van der Waals surface area contributed by atoms with Gasteiger partial charge in [0.25, 0.3) is 0 Å². The van der Waals surface area contributed by atoms with Crippen LogP contribution in [-0.2, 0) is 4.79 Å². The fraction of sp³-hybridized carbons (Fsp3) is 0.750. The molecule has 2 aliphatic carbocycles. The normalized spacial score (nSPS) is 33.1. The number of anilines is 1. The predicted molar refractivity (Wildman–Crippen MR) is 107 cm³/mol. The molecule has 4 unspecified atom stereocenters. The quantitative estimate of drug-likeness (QED) is 0.551. The van der Waals surface area contributed by atoms with Crippen LogP contribution in [0.5, 0.6) is 0 Å². The number of unbranched alkanes of at least 4 members (excludes halogenated alkanes) is 1. The fourth-order valence-electron chi connectivity index (χ4n) is 5.48. The first-order chi connectivity index (χ1) is 13.3. The van der Waals surface area contributed by atoms with Crippen LogP contribution in [0.2, 0.25) is 0 Å². The molecule has 1 aromatic rings. The van der Waals surface area contributed by atoms with Crippen LogP contribution in [0.1, 0.15) is 32.1 Å². The lowest BCUT2D eigenvalue weighted by Gasteiger charge is -2.34. The summed E-state index contributed by atoms with van der Waals surface area (Å²) in [6.07, 6.45) is 9.90. The number of aromatic nitrogens is 2. The van der Waals surface area contributed by atoms with E-state index in [1.807, 2.05) is 30.4 Å². The van der Waals surface area contributed by atoms with Crippen molar-refractivity contribution in [2.45, 2.75) is 37.4 Å². The smallest absolute Gasteiger partial charge is 0.237 e. The maximum absolute atomic E-state index is 12.7. The van der Waals surface area contributed by atoms with E-state index in [0.29, 0.717) is 23.0 Å². The molecule has 4 fully saturated rings. The van der Waals surface area contributed by atoms with E-state index in [4.69, 9.17) is 0 Å². The van der Waals surface area contributed by atoms with Gasteiger partial charge in [-0.15, -0.1) is 0 Å². The first-order valence-electron chi connectivity index (χ1n) is 10.5. The molecule has 1 aromatic heterocycles. The Morgan fingerprint density at radius 2 is 1.74 bits per heavy atom. The van der Waals surface area contributed by atoms with Crippen molar-refractivity contribution in [3.8, 4) is 0 Å². The molecular formula is C20H29N5OS. The largest absolute Gasteiger partial charge is 0.338 e. The van der Waals surface area contributed by atoms with Crippen molar-refractivity contribution in [3.63, 3.8) is 0 Å². The molecule has 6 nitrogen and oxygen atoms in total. The molecule has 4 atom stereocenters. The van der Waals surface area contributed by atoms with E-state index in [1.54, 1.807) is 0 Å². The molecule has 27 heavy (non-hydrogen) atoms. The summed E-state index contributed by atoms with van der Waals surface area (Å²) >= 11 is 1.89. The Hall–Kier alpha value is -1.34. The summed E-state index contributed by atoms with van der Waals surface area (Å²) in [6, 6.07) is 1.86. The molecule has 0 aromatic carbocycles. The van der Waals surface area contributed by atoms with Gasteiger partial charge < -0.3 is 4.90 Å². The topological polar surface area (TPSA) is 52.6 Å². The molecule has 4 aliphatic rings. The van der Waals surface area contributed by atoms with Gasteiger partial charge in [-0.3, -0.25) is 14.0 Å². The summed E-state index contributed by atoms with van der Waals surface area (Å²) in [5, 5.41) is 0.615. The molecular weight excluding hydrogens is 358 g/mol. The van der Waals surface area contributed by atoms with Crippen molar-refractivity contribution in [1.29, 1.82) is 0 Å². The number of hydrogen-bond donors (Lipinski definition) is 0. The highest BCUT2D eigenvalue weighted by Crippen LogP contribution is 2.58. The zero-order chi connectivity index (χ0) is 18.2. The summed E-state index contributed by atoms with van der Waals surface area (Å²) in [7, 11) is 0. The molecule has 2 bridgehead atoms. The van der Waals surface area contributed by atoms with Gasteiger partial charge in [0, 0.05) is 50.4 Å². The van der Waals surface area contributed by atoms with Crippen LogP contribution in [0.15, 0.2) is 18.5 Å². The molecule has 0 spiro atoms. The Bertz CT molecular complexity index is 666. The van der Waals surface area contributed by atoms with E-state index >= 15 is 0 Å². The van der Waals surface area contributed by atoms with Crippen molar-refractivity contribution < 1.29 is 4.79 Å². The average Bonchev–Trinajstić information content (AvgIpc) is 3.40. The number of rotatable bonds is 6. The second kappa shape index (κ2) is 7.59. The SMILES string of the molecule is O=C1C2C3CCC(C3)C2SN1CCCCN1CCN(c2ncccn2)CC1. The summed E-state index contributed by atoms with van der Waals surface area (Å²) in [4.78, 5) is 26.2. The third-order valence-corrected chi connectivity index (χ3v) is 8.45. The average molecular weight is 388 g/mol. The van der Waals surface area contributed by atoms with Crippen molar-refractivity contribution in [1.82, 2.24) is 19.2 Å². The zero-order valence-corrected chi connectivity index (χ0v) is 16.7. The van der Waals surface area contributed by atoms with Gasteiger partial charge in [0.1, 0.15) is 0 Å². The van der Waals surface area contributed by atoms with E-state index < -0.39 is 0 Å². The Balaban J connectivity index is 1.02. The number of carbonyl (C=O) groups is 1. The van der Waals surface area contributed by atoms with Crippen LogP contribution < -0.4 is 4.90 Å². The minimum absolute atomic E-state index is 0.363. The van der Waals surface area contributed by atoms with Crippen LogP contribution in [0, 0.1) is 17.8 Å². The maximum Gasteiger partial charge on any atom is 0.237 e. The van der Waals surface area contributed by atoms with E-state index in [2.05, 4.69) is 24.1 Å². The second-order valence-corrected chi connectivity index (χ2v) is 9.65. The Morgan fingerprint density at radius 1 is 1.00 bits per heavy atom. The molecule has 146 valence electrons. The summed E-state index contributed by atoms with van der Waals surface area (Å²) in [6.45, 7) is 6.21. The van der Waals surface area contributed by atoms with E-state index in [-0.39, 0.29) is 0 Å². The first-order valence-corrected chi connectivity index (χ1v) is 11.4. The third-order valence-electron chi connectivity index (χ3n) is 6.91. The number of nitrogens with zero attached hydrogens (tertiary/aromatic N) is 5. The van der Waals surface area contributed by atoms with E-state index in [1.165, 1.54) is 25.7 Å². The lowest BCUT2D eigenvalue weighted by atomic mass is 9.88. The van der Waals surface area contributed by atoms with Gasteiger partial charge >= 0.3 is 0 Å². The van der Waals surface area contributed by atoms with Crippen LogP contribution in [0.25, 0.3) is 0 Å². The molecule has 3 heterocycles. The van der Waals surface area contributed by atoms with Crippen molar-refractivity contribution in [2.75, 3.05) is 44.2 Å². The standard InChI is InChI=1S/C20H29N5OS/c26-19-17-15-4-5-16(14-15)18(17)27-25(19)9-2-1-8-23-10-12-24(13-11-23)20-21-6-3-7-22-20/h3,6-7,15-18H,1-2,4-5,8-14H2. The van der Waals surface area contributed by atoms with Gasteiger partial charge in [0.2, 0.25) is 11.9 Å². The van der Waals surface area contributed by atoms with Crippen LogP contribution >= 0.6 is 11.9 Å². The van der Waals surface area contributed by atoms with E-state index in [0.717, 1.165) is 57.6 Å². The number of amides is 1. The molecule has 1 amide bonds. The lowest BCUT2D eigenvalue weighted by molar-refractivity contribution is -0.130. The van der Waals surface area contributed by atoms with Gasteiger partial charge in [-0.05, 0) is 68.5 Å². The van der Waals surface area contributed by atoms with Crippen LogP contribution in [0.4, 0.5) is 5.95 Å². The molecule has 5 rings (SSSR count). The summed E-state index contributed by atoms with van der Waals surface area (Å²) in [5.41, 5.74) is 0. The molecule has 0 radical (unpaired) electrons. The monoisotopic (exact) mass is 387 g/mol. The predicted octanol–water partition coefficient (Wildman–Crippen LogP) is 2.28. The first kappa shape index (κ1) is 17.7. The number of fused-ring (bicyclic) bond motifs is 5. The van der Waals surface area contributed by atoms with Gasteiger partial charge in [-0.1, -0.05) is 0 Å². The van der Waals surface area contributed by atoms with Crippen molar-refractivity contribution in [2.24, 2.45) is 17.8 Å². The fourth-order valence-corrected chi connectivity index (χ4v) is 7.12. The lowest BCUT2D eigenvalue weighted by Crippen LogP contribution is -2.47. The molecule has 0 N–H and O–H groups in total. The summed E-state index contributed by atoms with van der Waals surface area (Å²) < 4.78 is 2.12. The van der Waals surface area contributed by atoms with Crippen LogP contribution in [-0.4, -0.2) is 69.6 Å². The molecule has 2 saturated heterocycles. The highest BCUT2D eigenvalue weighted by molar-refractivity contribution is 7.98. The minimum atomic E-state index is 0.363. The Kier molecular flexibility index (Phi) is 4.98. The number of carbonyl (C=O) groups excluding carboxylic acids is 1. The highest BCUT2D eigenvalue weighted by atomic mass is 32.2. The number of hydrogen-bond acceptors (Lipinski definition) is 6. The summed E-state index contributed by atoms with van der Waals surface area (Å²) in [5.74, 6) is 3.19. The third kappa shape index (κ3) is 3.44. The number of piperazine rings is 1. The Labute approximate surface area is 165 Å². The van der Waals surface area contributed by atoms with Gasteiger partial charge in [-0.25, -0.2) is 9.97 Å². The molecule has 2 aliphatic heterocycles. The van der Waals surface area contributed by atoms with Gasteiger partial charge in [0.05, 0.1) is 5.92 Å². The second-order valence-electron chi connectivity index (χ2n) is 8.45. The molecule has 7 heteroatoms. The van der Waals surface area contributed by atoms with Gasteiger partial charge in [0.15, 0.2) is 0 Å². The molecule has 2 saturated carbocycles. The van der Waals surface area contributed by atoms with Crippen LogP contribution in [0.3, 0.4) is 0 Å². The van der Waals surface area contributed by atoms with Gasteiger partial charge in [-0.2, -0.15) is 0 Å². The highest BCUT2D eigenvalue weighted by Gasteiger charge is 2.56. The minimum Gasteiger partial charge on any atom is -0.338 e. The van der Waals surface area contributed by atoms with Crippen molar-refractivity contribution in [3.05, 3.63) is 18.5 Å². The Morgan fingerprint density at radius 3 is 2.52 bits per heavy atom. The van der Waals surface area contributed by atoms with Crippen molar-refractivity contribution >= 4 is 23.8 Å².